The Labute approximate surface area is 556 Å². The zero-order valence-corrected chi connectivity index (χ0v) is 55.6. The number of allylic oxidation sites excluding steroid dienone is 2. The van der Waals surface area contributed by atoms with Crippen LogP contribution in [0.1, 0.15) is 120 Å². The van der Waals surface area contributed by atoms with Crippen LogP contribution in [0.4, 0.5) is 0 Å². The average Bonchev–Trinajstić information content (AvgIpc) is 0.675. The molecule has 552 valence electrons. The van der Waals surface area contributed by atoms with Crippen LogP contribution in [0.25, 0.3) is 0 Å². The zero-order valence-electron chi connectivity index (χ0n) is 55.6. The number of carbonyl (C=O) groups is 1. The van der Waals surface area contributed by atoms with E-state index in [1.807, 2.05) is 6.92 Å². The smallest absolute Gasteiger partial charge is 0.315 e. The van der Waals surface area contributed by atoms with Crippen LogP contribution < -0.4 is 0 Å². The molecule has 0 aromatic carbocycles. The lowest BCUT2D eigenvalue weighted by atomic mass is 9.33. The predicted octanol–water partition coefficient (Wildman–Crippen LogP) is -4.72. The van der Waals surface area contributed by atoms with Gasteiger partial charge in [-0.3, -0.25) is 4.79 Å². The Kier molecular flexibility index (Phi) is 22.1. The quantitative estimate of drug-likeness (QED) is 0.0392. The van der Waals surface area contributed by atoms with Crippen LogP contribution in [0.5, 0.6) is 0 Å². The summed E-state index contributed by atoms with van der Waals surface area (Å²) < 4.78 is 72.2. The van der Waals surface area contributed by atoms with Gasteiger partial charge in [-0.1, -0.05) is 53.2 Å². The molecule has 0 aromatic heterocycles. The SMILES string of the molecule is C[C@@H]1O[C@@H](O[C@H]2[C@H](O[C@H]3CC[C@@]4(C)[C@@H](CC[C@]5(C)[C@@H]4CC=C4[C@@H]6CC(C)(C)CC[C@]6(C(=O)O[C@@H]6O[C@H](CO[C@@H]7O[C@H](CO)[C@@H](O[C@@H]8O[C@@H](C)[C@H](O)[C@H](O)[C@H]8O)[C@H](O)[C@H]7O)[C@@H](O)[C@H](O)[C@H]6O)CC[C@]45C)[C@]3(C)CO)OC[C@H](O)[C@@H]2O[C@@H]2O[C@H](CO)[C@@H](O)[C@H](O)[C@H]2O)[C@H](O)[C@@H](O)[C@H]1O. The van der Waals surface area contributed by atoms with Crippen LogP contribution in [0.15, 0.2) is 11.6 Å². The van der Waals surface area contributed by atoms with Crippen molar-refractivity contribution in [3.8, 4) is 0 Å². The summed E-state index contributed by atoms with van der Waals surface area (Å²) in [4.78, 5) is 15.4. The standard InChI is InChI=1S/C65H106O31/c1-25-36(70)40(74)45(79)54(87-25)94-51-31(21-67)90-53(49(83)44(51)78)86-23-32-39(73)43(77)48(82)57(91-32)96-59(84)65-17-15-60(3,4)19-28(65)27-9-10-34-61(5)13-12-35(62(6,24-68)33(61)11-14-64(34,8)63(27,7)16-18-65)92-58-52(95-55-46(80)41(75)37(71)26(2)88-55)50(29(69)22-85-58)93-56-47(81)42(76)38(72)30(20-66)89-56/h9,25-26,28-58,66-83H,10-24H2,1-8H3/t25-,26-,28-,29-,30+,31+,32+,33+,34+,35-,36-,37-,38+,39+,40-,41-,42-,43-,44+,45+,46+,47+,48+,49+,50-,51+,52+,53+,54-,55-,56-,57-,58-,61-,62-,63+,64+,65-/m0/s1. The van der Waals surface area contributed by atoms with Crippen LogP contribution >= 0.6 is 0 Å². The van der Waals surface area contributed by atoms with Crippen molar-refractivity contribution >= 4 is 5.97 Å². The highest BCUT2D eigenvalue weighted by atomic mass is 16.8. The first-order valence-corrected chi connectivity index (χ1v) is 34.1. The Bertz CT molecular complexity index is 2690. The van der Waals surface area contributed by atoms with Gasteiger partial charge in [0, 0.05) is 5.41 Å². The maximum Gasteiger partial charge on any atom is 0.315 e. The summed E-state index contributed by atoms with van der Waals surface area (Å²) in [5, 5.41) is 196. The number of hydrogen-bond acceptors (Lipinski definition) is 31. The van der Waals surface area contributed by atoms with Gasteiger partial charge in [0.25, 0.3) is 0 Å². The fourth-order valence-electron chi connectivity index (χ4n) is 19.0. The molecule has 31 heteroatoms. The van der Waals surface area contributed by atoms with E-state index in [1.54, 1.807) is 0 Å². The van der Waals surface area contributed by atoms with Gasteiger partial charge >= 0.3 is 5.97 Å². The van der Waals surface area contributed by atoms with Crippen molar-refractivity contribution in [1.82, 2.24) is 0 Å². The highest BCUT2D eigenvalue weighted by Gasteiger charge is 2.71. The lowest BCUT2D eigenvalue weighted by Gasteiger charge is -2.71. The highest BCUT2D eigenvalue weighted by molar-refractivity contribution is 5.79. The van der Waals surface area contributed by atoms with Crippen LogP contribution in [0, 0.1) is 50.2 Å². The largest absolute Gasteiger partial charge is 0.432 e. The van der Waals surface area contributed by atoms with Crippen LogP contribution in [0.2, 0.25) is 0 Å². The number of hydrogen-bond donors (Lipinski definition) is 18. The molecule has 0 amide bonds. The van der Waals surface area contributed by atoms with E-state index in [0.29, 0.717) is 64.2 Å². The molecule has 0 bridgehead atoms. The third kappa shape index (κ3) is 12.8. The highest BCUT2D eigenvalue weighted by Crippen LogP contribution is 2.76. The molecule has 11 aliphatic rings. The average molecular weight is 1380 g/mol. The van der Waals surface area contributed by atoms with Gasteiger partial charge in [0.2, 0.25) is 6.29 Å². The van der Waals surface area contributed by atoms with E-state index in [4.69, 9.17) is 56.8 Å². The minimum absolute atomic E-state index is 0.0352. The fraction of sp³-hybridized carbons (Fsp3) is 0.954. The molecule has 6 saturated heterocycles. The molecule has 31 nitrogen and oxygen atoms in total. The van der Waals surface area contributed by atoms with E-state index < -0.39 is 238 Å². The van der Waals surface area contributed by atoms with E-state index in [0.717, 1.165) is 5.57 Å². The molecule has 0 aromatic rings. The van der Waals surface area contributed by atoms with Crippen molar-refractivity contribution in [2.24, 2.45) is 50.2 Å². The molecule has 5 aliphatic carbocycles. The van der Waals surface area contributed by atoms with Crippen molar-refractivity contribution < 1.29 is 154 Å². The number of fused-ring (bicyclic) bond motifs is 7. The van der Waals surface area contributed by atoms with Crippen molar-refractivity contribution in [1.29, 1.82) is 0 Å². The Morgan fingerprint density at radius 2 is 1.02 bits per heavy atom. The fourth-order valence-corrected chi connectivity index (χ4v) is 19.0. The Morgan fingerprint density at radius 1 is 0.500 bits per heavy atom. The minimum atomic E-state index is -1.93. The van der Waals surface area contributed by atoms with Crippen LogP contribution in [-0.4, -0.2) is 315 Å². The second-order valence-electron chi connectivity index (χ2n) is 31.3. The second-order valence-corrected chi connectivity index (χ2v) is 31.3. The maximum atomic E-state index is 15.4. The molecule has 38 atom stereocenters. The van der Waals surface area contributed by atoms with Gasteiger partial charge in [0.1, 0.15) is 128 Å². The molecule has 11 rings (SSSR count). The Morgan fingerprint density at radius 3 is 1.62 bits per heavy atom. The summed E-state index contributed by atoms with van der Waals surface area (Å²) in [5.41, 5.74) is -2.46. The van der Waals surface area contributed by atoms with Gasteiger partial charge in [0.15, 0.2) is 31.5 Å². The lowest BCUT2D eigenvalue weighted by Crippen LogP contribution is -2.67. The van der Waals surface area contributed by atoms with E-state index >= 15 is 4.79 Å². The summed E-state index contributed by atoms with van der Waals surface area (Å²) in [7, 11) is 0. The summed E-state index contributed by atoms with van der Waals surface area (Å²) in [6.07, 6.45) is -40.7. The maximum absolute atomic E-state index is 15.4. The molecule has 10 fully saturated rings. The number of carbonyl (C=O) groups excluding carboxylic acids is 1. The topological polar surface area (TPSA) is 492 Å². The molecule has 4 saturated carbocycles. The molecule has 18 N–H and O–H groups in total. The summed E-state index contributed by atoms with van der Waals surface area (Å²) in [6.45, 7) is 13.0. The van der Waals surface area contributed by atoms with Gasteiger partial charge in [0.05, 0.1) is 56.8 Å². The number of ether oxygens (including phenoxy) is 12. The molecule has 96 heavy (non-hydrogen) atoms. The lowest BCUT2D eigenvalue weighted by molar-refractivity contribution is -0.388. The van der Waals surface area contributed by atoms with E-state index in [2.05, 4.69) is 40.7 Å². The molecular weight excluding hydrogens is 1280 g/mol. The minimum Gasteiger partial charge on any atom is -0.432 e. The number of aliphatic hydroxyl groups excluding tert-OH is 18. The second kappa shape index (κ2) is 28.3. The van der Waals surface area contributed by atoms with Crippen molar-refractivity contribution in [3.63, 3.8) is 0 Å². The van der Waals surface area contributed by atoms with Crippen LogP contribution in [0.3, 0.4) is 0 Å². The summed E-state index contributed by atoms with van der Waals surface area (Å²) in [6, 6.07) is 0. The predicted molar refractivity (Wildman–Crippen MR) is 321 cm³/mol. The molecular formula is C65H106O31. The third-order valence-electron chi connectivity index (χ3n) is 25.3. The summed E-state index contributed by atoms with van der Waals surface area (Å²) >= 11 is 0. The first-order chi connectivity index (χ1) is 45.1. The van der Waals surface area contributed by atoms with Gasteiger partial charge in [-0.25, -0.2) is 0 Å². The van der Waals surface area contributed by atoms with Gasteiger partial charge in [-0.2, -0.15) is 0 Å². The zero-order chi connectivity index (χ0) is 70.0. The Hall–Kier alpha value is -1.95. The third-order valence-corrected chi connectivity index (χ3v) is 25.3. The van der Waals surface area contributed by atoms with Crippen molar-refractivity contribution in [2.75, 3.05) is 33.0 Å². The molecule has 0 spiro atoms. The van der Waals surface area contributed by atoms with Gasteiger partial charge in [-0.15, -0.1) is 0 Å². The number of rotatable bonds is 16. The van der Waals surface area contributed by atoms with E-state index in [-0.39, 0.29) is 35.2 Å². The van der Waals surface area contributed by atoms with E-state index in [1.165, 1.54) is 13.8 Å². The molecule has 6 aliphatic heterocycles. The van der Waals surface area contributed by atoms with Crippen molar-refractivity contribution in [2.45, 2.75) is 304 Å². The Balaban J connectivity index is 0.797. The van der Waals surface area contributed by atoms with Crippen LogP contribution in [-0.2, 0) is 61.6 Å². The molecule has 6 heterocycles. The number of esters is 1. The first-order valence-electron chi connectivity index (χ1n) is 34.1. The normalized spacial score (nSPS) is 55.1. The first kappa shape index (κ1) is 75.2. The van der Waals surface area contributed by atoms with Crippen molar-refractivity contribution in [3.05, 3.63) is 11.6 Å². The molecule has 0 unspecified atom stereocenters. The summed E-state index contributed by atoms with van der Waals surface area (Å²) in [5.74, 6) is -1.14. The van der Waals surface area contributed by atoms with Gasteiger partial charge in [-0.05, 0) is 117 Å². The molecule has 0 radical (unpaired) electrons. The monoisotopic (exact) mass is 1380 g/mol. The van der Waals surface area contributed by atoms with E-state index in [9.17, 15) is 91.9 Å². The van der Waals surface area contributed by atoms with Gasteiger partial charge < -0.3 is 149 Å². The number of aliphatic hydroxyl groups is 18.